The highest BCUT2D eigenvalue weighted by Gasteiger charge is 2.34. The highest BCUT2D eigenvalue weighted by atomic mass is 32.1. The number of benzene rings is 1. The van der Waals surface area contributed by atoms with Gasteiger partial charge in [0.05, 0.1) is 23.4 Å². The van der Waals surface area contributed by atoms with E-state index >= 15 is 0 Å². The van der Waals surface area contributed by atoms with Gasteiger partial charge in [-0.15, -0.1) is 0 Å². The smallest absolute Gasteiger partial charge is 0.341 e. The van der Waals surface area contributed by atoms with E-state index in [0.29, 0.717) is 10.2 Å². The van der Waals surface area contributed by atoms with Crippen LogP contribution in [0.3, 0.4) is 0 Å². The average molecular weight is 309 g/mol. The Kier molecular flexibility index (Phi) is 4.74. The molecule has 1 aromatic heterocycles. The van der Waals surface area contributed by atoms with Crippen molar-refractivity contribution in [3.8, 4) is 0 Å². The average Bonchev–Trinajstić information content (AvgIpc) is 2.77. The number of thiazole rings is 1. The molecule has 0 saturated carbocycles. The summed E-state index contributed by atoms with van der Waals surface area (Å²) in [7, 11) is 0. The number of rotatable bonds is 5. The Morgan fingerprint density at radius 3 is 2.29 bits per heavy atom. The molecule has 2 aromatic rings. The van der Waals surface area contributed by atoms with Crippen LogP contribution in [0, 0.1) is 0 Å². The number of aromatic nitrogens is 1. The first-order valence-electron chi connectivity index (χ1n) is 6.53. The molecule has 0 bridgehead atoms. The third-order valence-electron chi connectivity index (χ3n) is 2.80. The molecule has 0 aliphatic carbocycles. The summed E-state index contributed by atoms with van der Waals surface area (Å²) in [5.41, 5.74) is 0.513. The number of carbonyl (C=O) groups excluding carboxylic acids is 2. The van der Waals surface area contributed by atoms with E-state index in [2.05, 4.69) is 0 Å². The van der Waals surface area contributed by atoms with Crippen LogP contribution in [0.25, 0.3) is 10.2 Å². The highest BCUT2D eigenvalue weighted by Crippen LogP contribution is 2.22. The van der Waals surface area contributed by atoms with Crippen molar-refractivity contribution in [2.75, 3.05) is 13.2 Å². The molecule has 0 atom stereocenters. The van der Waals surface area contributed by atoms with Crippen molar-refractivity contribution in [1.29, 1.82) is 0 Å². The fourth-order valence-electron chi connectivity index (χ4n) is 1.98. The molecule has 112 valence electrons. The Balaban J connectivity index is 2.58. The second kappa shape index (κ2) is 6.53. The molecule has 21 heavy (non-hydrogen) atoms. The molecule has 0 saturated heterocycles. The van der Waals surface area contributed by atoms with Gasteiger partial charge in [-0.2, -0.15) is 0 Å². The molecular weight excluding hydrogens is 294 g/mol. The van der Waals surface area contributed by atoms with Gasteiger partial charge < -0.3 is 9.47 Å². The number of fused-ring (bicyclic) bond motifs is 1. The minimum atomic E-state index is -1.41. The Hall–Kier alpha value is -2.15. The fraction of sp³-hybridized carbons (Fsp3) is 0.357. The molecule has 1 heterocycles. The van der Waals surface area contributed by atoms with E-state index in [4.69, 9.17) is 9.47 Å². The van der Waals surface area contributed by atoms with Gasteiger partial charge in [0.2, 0.25) is 6.04 Å². The van der Waals surface area contributed by atoms with Gasteiger partial charge in [0.15, 0.2) is 0 Å². The van der Waals surface area contributed by atoms with E-state index in [-0.39, 0.29) is 13.2 Å². The molecule has 0 amide bonds. The van der Waals surface area contributed by atoms with Gasteiger partial charge in [0.25, 0.3) is 0 Å². The predicted molar refractivity (Wildman–Crippen MR) is 78.4 cm³/mol. The summed E-state index contributed by atoms with van der Waals surface area (Å²) in [6.45, 7) is 3.50. The number of carbonyl (C=O) groups is 2. The summed E-state index contributed by atoms with van der Waals surface area (Å²) in [6.07, 6.45) is 0. The molecule has 0 radical (unpaired) electrons. The van der Waals surface area contributed by atoms with Gasteiger partial charge in [-0.05, 0) is 26.0 Å². The van der Waals surface area contributed by atoms with E-state index in [0.717, 1.165) is 15.9 Å². The Labute approximate surface area is 124 Å². The quantitative estimate of drug-likeness (QED) is 0.621. The number of hydrogen-bond acceptors (Lipinski definition) is 6. The fourth-order valence-corrected chi connectivity index (χ4v) is 2.89. The second-order valence-electron chi connectivity index (χ2n) is 4.11. The van der Waals surface area contributed by atoms with E-state index in [1.54, 1.807) is 38.1 Å². The lowest BCUT2D eigenvalue weighted by atomic mass is 10.2. The van der Waals surface area contributed by atoms with Crippen LogP contribution in [-0.4, -0.2) is 29.7 Å². The van der Waals surface area contributed by atoms with Crippen LogP contribution >= 0.6 is 11.3 Å². The molecule has 0 fully saturated rings. The lowest BCUT2D eigenvalue weighted by Gasteiger charge is -2.15. The molecule has 1 aromatic carbocycles. The Morgan fingerprint density at radius 2 is 1.71 bits per heavy atom. The van der Waals surface area contributed by atoms with E-state index in [1.165, 1.54) is 0 Å². The maximum atomic E-state index is 12.2. The van der Waals surface area contributed by atoms with Crippen LogP contribution < -0.4 is 4.87 Å². The standard InChI is InChI=1S/C14H15NO5S/c1-3-19-12(16)11(13(17)20-4-2)15-9-7-5-6-8-10(9)21-14(15)18/h5-8,11H,3-4H2,1-2H3. The normalized spacial score (nSPS) is 10.8. The third kappa shape index (κ3) is 2.97. The van der Waals surface area contributed by atoms with E-state index in [1.807, 2.05) is 0 Å². The molecule has 0 N–H and O–H groups in total. The van der Waals surface area contributed by atoms with E-state index in [9.17, 15) is 14.4 Å². The first-order valence-corrected chi connectivity index (χ1v) is 7.35. The second-order valence-corrected chi connectivity index (χ2v) is 5.11. The van der Waals surface area contributed by atoms with Crippen molar-refractivity contribution < 1.29 is 19.1 Å². The third-order valence-corrected chi connectivity index (χ3v) is 3.73. The molecular formula is C14H15NO5S. The molecule has 0 aliphatic heterocycles. The zero-order valence-electron chi connectivity index (χ0n) is 11.7. The van der Waals surface area contributed by atoms with Crippen molar-refractivity contribution in [1.82, 2.24) is 4.57 Å². The lowest BCUT2D eigenvalue weighted by Crippen LogP contribution is -2.35. The summed E-state index contributed by atoms with van der Waals surface area (Å²) >= 11 is 0.970. The van der Waals surface area contributed by atoms with Crippen molar-refractivity contribution >= 4 is 33.5 Å². The number of hydrogen-bond donors (Lipinski definition) is 0. The number of nitrogens with zero attached hydrogens (tertiary/aromatic N) is 1. The van der Waals surface area contributed by atoms with Gasteiger partial charge in [-0.1, -0.05) is 23.5 Å². The van der Waals surface area contributed by atoms with Crippen LogP contribution in [0.4, 0.5) is 0 Å². The first kappa shape index (κ1) is 15.2. The van der Waals surface area contributed by atoms with Crippen molar-refractivity contribution in [2.45, 2.75) is 19.9 Å². The zero-order valence-corrected chi connectivity index (χ0v) is 12.5. The highest BCUT2D eigenvalue weighted by molar-refractivity contribution is 7.16. The zero-order chi connectivity index (χ0) is 15.4. The molecule has 7 heteroatoms. The van der Waals surface area contributed by atoms with Crippen molar-refractivity contribution in [3.63, 3.8) is 0 Å². The van der Waals surface area contributed by atoms with Gasteiger partial charge in [-0.25, -0.2) is 9.59 Å². The van der Waals surface area contributed by atoms with Gasteiger partial charge in [0.1, 0.15) is 0 Å². The van der Waals surface area contributed by atoms with E-state index < -0.39 is 22.9 Å². The number of para-hydroxylation sites is 1. The minimum absolute atomic E-state index is 0.117. The first-order chi connectivity index (χ1) is 10.1. The van der Waals surface area contributed by atoms with Crippen LogP contribution in [-0.2, 0) is 19.1 Å². The Bertz CT molecular complexity index is 699. The van der Waals surface area contributed by atoms with Gasteiger partial charge in [-0.3, -0.25) is 9.36 Å². The summed E-state index contributed by atoms with van der Waals surface area (Å²) in [5, 5.41) is 0. The summed E-state index contributed by atoms with van der Waals surface area (Å²) in [6, 6.07) is 5.54. The van der Waals surface area contributed by atoms with Gasteiger partial charge >= 0.3 is 16.8 Å². The SMILES string of the molecule is CCOC(=O)C(C(=O)OCC)n1c(=O)sc2ccccc21. The largest absolute Gasteiger partial charge is 0.464 e. The number of esters is 2. The molecule has 0 spiro atoms. The van der Waals surface area contributed by atoms with Crippen LogP contribution in [0.2, 0.25) is 0 Å². The monoisotopic (exact) mass is 309 g/mol. The van der Waals surface area contributed by atoms with Crippen LogP contribution in [0.1, 0.15) is 19.9 Å². The summed E-state index contributed by atoms with van der Waals surface area (Å²) in [5.74, 6) is -1.58. The predicted octanol–water partition coefficient (Wildman–Crippen LogP) is 1.73. The summed E-state index contributed by atoms with van der Waals surface area (Å²) in [4.78, 5) is 35.9. The minimum Gasteiger partial charge on any atom is -0.464 e. The van der Waals surface area contributed by atoms with Gasteiger partial charge in [0, 0.05) is 0 Å². The molecule has 0 unspecified atom stereocenters. The summed E-state index contributed by atoms with van der Waals surface area (Å²) < 4.78 is 11.6. The van der Waals surface area contributed by atoms with Crippen LogP contribution in [0.5, 0.6) is 0 Å². The Morgan fingerprint density at radius 1 is 1.14 bits per heavy atom. The maximum Gasteiger partial charge on any atom is 0.341 e. The van der Waals surface area contributed by atoms with Crippen LogP contribution in [0.15, 0.2) is 29.1 Å². The number of ether oxygens (including phenoxy) is 2. The molecule has 0 aliphatic rings. The van der Waals surface area contributed by atoms with Crippen molar-refractivity contribution in [2.24, 2.45) is 0 Å². The molecule has 6 nitrogen and oxygen atoms in total. The van der Waals surface area contributed by atoms with Crippen molar-refractivity contribution in [3.05, 3.63) is 33.9 Å². The lowest BCUT2D eigenvalue weighted by molar-refractivity contribution is -0.160. The molecule has 2 rings (SSSR count). The topological polar surface area (TPSA) is 74.6 Å². The maximum absolute atomic E-state index is 12.2.